The maximum absolute atomic E-state index is 10.7. The van der Waals surface area contributed by atoms with Crippen molar-refractivity contribution < 1.29 is 10.0 Å². The molecule has 0 amide bonds. The molecule has 0 radical (unpaired) electrons. The molecule has 0 fully saturated rings. The Balaban J connectivity index is 1.82. The van der Waals surface area contributed by atoms with E-state index >= 15 is 0 Å². The minimum atomic E-state index is -1.55. The van der Waals surface area contributed by atoms with E-state index in [1.54, 1.807) is 0 Å². The van der Waals surface area contributed by atoms with Gasteiger partial charge in [-0.1, -0.05) is 74.0 Å². The van der Waals surface area contributed by atoms with Gasteiger partial charge in [0.25, 0.3) is 0 Å². The number of hydrogen-bond donors (Lipinski definition) is 2. The van der Waals surface area contributed by atoms with Crippen molar-refractivity contribution >= 4 is 29.3 Å². The molecule has 2 N–H and O–H groups in total. The van der Waals surface area contributed by atoms with Gasteiger partial charge in [0.1, 0.15) is 5.82 Å². The van der Waals surface area contributed by atoms with E-state index in [9.17, 15) is 10.0 Å². The molecule has 34 heavy (non-hydrogen) atoms. The first-order valence-corrected chi connectivity index (χ1v) is 12.1. The fraction of sp³-hybridized carbons (Fsp3) is 0.276. The Bertz CT molecular complexity index is 1660. The van der Waals surface area contributed by atoms with Crippen LogP contribution in [0.15, 0.2) is 83.5 Å². The van der Waals surface area contributed by atoms with Gasteiger partial charge in [-0.25, -0.2) is 4.98 Å². The van der Waals surface area contributed by atoms with Crippen LogP contribution in [0, 0.1) is 17.3 Å². The molecule has 1 aliphatic heterocycles. The van der Waals surface area contributed by atoms with Crippen molar-refractivity contribution in [3.05, 3.63) is 99.7 Å². The topological polar surface area (TPSA) is 58.3 Å². The molecular weight excluding hydrogens is 419 g/mol. The number of nitrogens with zero attached hydrogens (tertiary/aromatic N) is 2. The maximum Gasteiger partial charge on any atom is 0.489 e. The van der Waals surface area contributed by atoms with Crippen LogP contribution in [0.5, 0.6) is 0 Å². The molecule has 168 valence electrons. The third-order valence-electron chi connectivity index (χ3n) is 8.71. The van der Waals surface area contributed by atoms with Crippen molar-refractivity contribution in [3.8, 4) is 0 Å². The van der Waals surface area contributed by atoms with E-state index in [-0.39, 0.29) is 5.92 Å². The third-order valence-corrected chi connectivity index (χ3v) is 8.71. The molecule has 0 bridgehead atoms. The molecule has 7 rings (SSSR count). The van der Waals surface area contributed by atoms with Crippen LogP contribution >= 0.6 is 0 Å². The minimum absolute atomic E-state index is 0.188. The lowest BCUT2D eigenvalue weighted by Crippen LogP contribution is -2.55. The van der Waals surface area contributed by atoms with Crippen molar-refractivity contribution in [2.45, 2.75) is 33.1 Å². The number of imidazole rings is 1. The van der Waals surface area contributed by atoms with Crippen molar-refractivity contribution in [1.29, 1.82) is 0 Å². The first-order valence-electron chi connectivity index (χ1n) is 12.1. The van der Waals surface area contributed by atoms with E-state index in [4.69, 9.17) is 4.98 Å². The summed E-state index contributed by atoms with van der Waals surface area (Å²) in [7, 11) is -1.55. The summed E-state index contributed by atoms with van der Waals surface area (Å²) in [5.74, 6) is 1.53. The fourth-order valence-corrected chi connectivity index (χ4v) is 7.50. The van der Waals surface area contributed by atoms with E-state index in [2.05, 4.69) is 74.8 Å². The van der Waals surface area contributed by atoms with Crippen LogP contribution in [0.2, 0.25) is 0 Å². The van der Waals surface area contributed by atoms with Crippen molar-refractivity contribution in [1.82, 2.24) is 9.55 Å². The second kappa shape index (κ2) is 6.29. The molecule has 0 saturated heterocycles. The molecule has 2 heterocycles. The molecule has 0 spiro atoms. The summed E-state index contributed by atoms with van der Waals surface area (Å²) in [5.41, 5.74) is 6.74. The van der Waals surface area contributed by atoms with E-state index in [1.165, 1.54) is 16.8 Å². The molecule has 0 saturated carbocycles. The Labute approximate surface area is 199 Å². The molecule has 2 aromatic carbocycles. The first-order chi connectivity index (χ1) is 16.3. The predicted octanol–water partition coefficient (Wildman–Crippen LogP) is 3.23. The zero-order valence-electron chi connectivity index (χ0n) is 19.9. The summed E-state index contributed by atoms with van der Waals surface area (Å²) in [6.07, 6.45) is 6.94. The Morgan fingerprint density at radius 2 is 1.65 bits per heavy atom. The summed E-state index contributed by atoms with van der Waals surface area (Å²) in [5, 5.41) is 23.3. The van der Waals surface area contributed by atoms with Gasteiger partial charge in [0, 0.05) is 10.9 Å². The number of benzene rings is 2. The highest BCUT2D eigenvalue weighted by molar-refractivity contribution is 6.66. The van der Waals surface area contributed by atoms with Gasteiger partial charge in [0.2, 0.25) is 0 Å². The highest BCUT2D eigenvalue weighted by Gasteiger charge is 2.59. The second-order valence-electron chi connectivity index (χ2n) is 10.6. The van der Waals surface area contributed by atoms with Gasteiger partial charge >= 0.3 is 7.12 Å². The van der Waals surface area contributed by atoms with Crippen LogP contribution in [0.4, 0.5) is 0 Å². The summed E-state index contributed by atoms with van der Waals surface area (Å²) < 4.78 is 2.36. The number of aromatic nitrogens is 2. The average Bonchev–Trinajstić information content (AvgIpc) is 3.20. The first kappa shape index (κ1) is 20.2. The standard InChI is InChI=1S/C29H27BN2O2/c1-16-13-14-28(3)25-23(16)17(2)15-20-24(30(33)34)18-9-5-6-10-19(18)26(29(20,25)4)32-22-12-8-7-11-21(22)31-27(28)32/h5-17,33-34H,1-4H3. The van der Waals surface area contributed by atoms with E-state index in [0.29, 0.717) is 11.4 Å². The van der Waals surface area contributed by atoms with E-state index in [1.807, 2.05) is 24.3 Å². The Kier molecular flexibility index (Phi) is 3.75. The van der Waals surface area contributed by atoms with Crippen LogP contribution in [0.25, 0.3) is 22.2 Å². The molecule has 4 nitrogen and oxygen atoms in total. The monoisotopic (exact) mass is 446 g/mol. The lowest BCUT2D eigenvalue weighted by molar-refractivity contribution is 0.401. The quantitative estimate of drug-likeness (QED) is 0.446. The molecule has 3 aromatic rings. The predicted molar refractivity (Wildman–Crippen MR) is 136 cm³/mol. The number of hydrogen-bond acceptors (Lipinski definition) is 3. The van der Waals surface area contributed by atoms with E-state index in [0.717, 1.165) is 32.9 Å². The van der Waals surface area contributed by atoms with Crippen LogP contribution in [0.3, 0.4) is 0 Å². The van der Waals surface area contributed by atoms with Crippen LogP contribution in [-0.2, 0) is 5.41 Å². The number of rotatable bonds is 1. The van der Waals surface area contributed by atoms with Gasteiger partial charge in [-0.2, -0.15) is 0 Å². The van der Waals surface area contributed by atoms with Gasteiger partial charge in [0.05, 0.1) is 21.9 Å². The van der Waals surface area contributed by atoms with Crippen LogP contribution in [0.1, 0.15) is 33.5 Å². The largest absolute Gasteiger partial charge is 0.489 e. The van der Waals surface area contributed by atoms with Crippen LogP contribution < -0.4 is 10.4 Å². The smallest absolute Gasteiger partial charge is 0.423 e. The summed E-state index contributed by atoms with van der Waals surface area (Å²) in [4.78, 5) is 5.22. The SMILES string of the molecule is CC1C=CC2(C)C3=C1C(C)C=C1C(B(O)O)=c4ccccc4=C(n4c2nc2ccccc24)C13C. The number of allylic oxidation sites excluding steroid dienone is 6. The average molecular weight is 446 g/mol. The summed E-state index contributed by atoms with van der Waals surface area (Å²) >= 11 is 0. The van der Waals surface area contributed by atoms with Crippen LogP contribution in [-0.4, -0.2) is 26.7 Å². The molecule has 4 unspecified atom stereocenters. The molecule has 4 aliphatic rings. The number of para-hydroxylation sites is 2. The maximum atomic E-state index is 10.7. The lowest BCUT2D eigenvalue weighted by atomic mass is 9.48. The third kappa shape index (κ3) is 2.12. The Morgan fingerprint density at radius 3 is 2.41 bits per heavy atom. The van der Waals surface area contributed by atoms with E-state index < -0.39 is 17.9 Å². The molecule has 5 heteroatoms. The molecular formula is C29H27BN2O2. The molecule has 1 aromatic heterocycles. The van der Waals surface area contributed by atoms with Gasteiger partial charge in [-0.3, -0.25) is 4.57 Å². The van der Waals surface area contributed by atoms with Crippen molar-refractivity contribution in [2.24, 2.45) is 17.3 Å². The lowest BCUT2D eigenvalue weighted by Gasteiger charge is -2.56. The van der Waals surface area contributed by atoms with Gasteiger partial charge < -0.3 is 10.0 Å². The summed E-state index contributed by atoms with van der Waals surface area (Å²) in [6.45, 7) is 9.09. The zero-order valence-corrected chi connectivity index (χ0v) is 19.9. The van der Waals surface area contributed by atoms with Crippen molar-refractivity contribution in [3.63, 3.8) is 0 Å². The fourth-order valence-electron chi connectivity index (χ4n) is 7.50. The highest BCUT2D eigenvalue weighted by Crippen LogP contribution is 2.64. The van der Waals surface area contributed by atoms with Gasteiger partial charge in [0.15, 0.2) is 0 Å². The number of fused-ring (bicyclic) bond motifs is 6. The zero-order chi connectivity index (χ0) is 23.6. The normalized spacial score (nSPS) is 30.7. The van der Waals surface area contributed by atoms with Crippen molar-refractivity contribution in [2.75, 3.05) is 0 Å². The van der Waals surface area contributed by atoms with Gasteiger partial charge in [-0.15, -0.1) is 0 Å². The molecule has 4 atom stereocenters. The Morgan fingerprint density at radius 1 is 0.941 bits per heavy atom. The highest BCUT2D eigenvalue weighted by atomic mass is 16.4. The second-order valence-corrected chi connectivity index (χ2v) is 10.6. The minimum Gasteiger partial charge on any atom is -0.423 e. The van der Waals surface area contributed by atoms with Gasteiger partial charge in [-0.05, 0) is 59.7 Å². The Hall–Kier alpha value is -3.15. The molecule has 3 aliphatic carbocycles. The summed E-state index contributed by atoms with van der Waals surface area (Å²) in [6, 6.07) is 16.5.